The first-order chi connectivity index (χ1) is 10.1. The van der Waals surface area contributed by atoms with Crippen molar-refractivity contribution in [1.29, 1.82) is 0 Å². The van der Waals surface area contributed by atoms with E-state index in [0.717, 1.165) is 30.5 Å². The molecule has 4 atom stereocenters. The lowest BCUT2D eigenvalue weighted by Crippen LogP contribution is -2.46. The van der Waals surface area contributed by atoms with Crippen molar-refractivity contribution in [2.24, 2.45) is 17.8 Å². The van der Waals surface area contributed by atoms with Crippen LogP contribution < -0.4 is 4.90 Å². The van der Waals surface area contributed by atoms with Crippen molar-refractivity contribution >= 4 is 17.6 Å². The van der Waals surface area contributed by atoms with E-state index in [9.17, 15) is 14.7 Å². The molecule has 4 nitrogen and oxygen atoms in total. The highest BCUT2D eigenvalue weighted by Gasteiger charge is 2.48. The van der Waals surface area contributed by atoms with E-state index in [-0.39, 0.29) is 11.8 Å². The quantitative estimate of drug-likeness (QED) is 0.908. The number of carbonyl (C=O) groups excluding carboxylic acids is 1. The number of nitrogens with zero attached hydrogens (tertiary/aromatic N) is 1. The number of hydrogen-bond donors (Lipinski definition) is 1. The fourth-order valence-electron chi connectivity index (χ4n) is 4.58. The summed E-state index contributed by atoms with van der Waals surface area (Å²) in [5.74, 6) is 0.341. The number of carbonyl (C=O) groups is 2. The van der Waals surface area contributed by atoms with Gasteiger partial charge in [0.05, 0.1) is 0 Å². The zero-order chi connectivity index (χ0) is 14.6. The summed E-state index contributed by atoms with van der Waals surface area (Å²) in [6.45, 7) is 0. The predicted octanol–water partition coefficient (Wildman–Crippen LogP) is 2.47. The van der Waals surface area contributed by atoms with E-state index in [1.165, 1.54) is 6.42 Å². The van der Waals surface area contributed by atoms with Gasteiger partial charge in [-0.25, -0.2) is 4.79 Å². The molecule has 2 saturated carbocycles. The molecule has 3 aliphatic rings. The molecule has 1 heterocycles. The standard InChI is InChI=1S/C17H19NO3/c19-16(13-8-10-5-6-11(13)7-10)18-14-4-2-1-3-12(14)9-15(18)17(20)21/h1-4,10-11,13,15H,5-9H2,(H,20,21)/t10?,11?,13?,15-/m0/s1. The Hall–Kier alpha value is -1.84. The Balaban J connectivity index is 1.68. The third-order valence-corrected chi connectivity index (χ3v) is 5.55. The molecular weight excluding hydrogens is 266 g/mol. The number of anilines is 1. The third-order valence-electron chi connectivity index (χ3n) is 5.55. The predicted molar refractivity (Wildman–Crippen MR) is 78.0 cm³/mol. The number of benzene rings is 1. The summed E-state index contributed by atoms with van der Waals surface area (Å²) in [5.41, 5.74) is 1.78. The lowest BCUT2D eigenvalue weighted by molar-refractivity contribution is -0.140. The van der Waals surface area contributed by atoms with Gasteiger partial charge < -0.3 is 5.11 Å². The van der Waals surface area contributed by atoms with Crippen molar-refractivity contribution in [3.63, 3.8) is 0 Å². The zero-order valence-electron chi connectivity index (χ0n) is 11.9. The normalized spacial score (nSPS) is 33.2. The molecule has 1 aromatic rings. The largest absolute Gasteiger partial charge is 0.480 e. The zero-order valence-corrected chi connectivity index (χ0v) is 11.9. The van der Waals surface area contributed by atoms with Crippen LogP contribution in [0.2, 0.25) is 0 Å². The van der Waals surface area contributed by atoms with E-state index < -0.39 is 12.0 Å². The number of hydrogen-bond acceptors (Lipinski definition) is 2. The first-order valence-electron chi connectivity index (χ1n) is 7.79. The highest BCUT2D eigenvalue weighted by atomic mass is 16.4. The van der Waals surface area contributed by atoms with Crippen LogP contribution in [0, 0.1) is 17.8 Å². The van der Waals surface area contributed by atoms with E-state index in [2.05, 4.69) is 0 Å². The van der Waals surface area contributed by atoms with Gasteiger partial charge in [0.1, 0.15) is 6.04 Å². The Morgan fingerprint density at radius 2 is 1.95 bits per heavy atom. The maximum absolute atomic E-state index is 13.0. The van der Waals surface area contributed by atoms with Crippen LogP contribution in [0.5, 0.6) is 0 Å². The van der Waals surface area contributed by atoms with Gasteiger partial charge in [-0.1, -0.05) is 24.6 Å². The number of carboxylic acid groups (broad SMARTS) is 1. The number of carboxylic acids is 1. The second-order valence-electron chi connectivity index (χ2n) is 6.68. The molecule has 1 amide bonds. The first-order valence-corrected chi connectivity index (χ1v) is 7.79. The monoisotopic (exact) mass is 285 g/mol. The Kier molecular flexibility index (Phi) is 2.81. The molecule has 0 radical (unpaired) electrons. The Bertz CT molecular complexity index is 612. The Morgan fingerprint density at radius 3 is 2.62 bits per heavy atom. The van der Waals surface area contributed by atoms with E-state index in [1.54, 1.807) is 4.90 Å². The van der Waals surface area contributed by atoms with Crippen molar-refractivity contribution in [1.82, 2.24) is 0 Å². The van der Waals surface area contributed by atoms with E-state index in [0.29, 0.717) is 18.3 Å². The summed E-state index contributed by atoms with van der Waals surface area (Å²) in [6.07, 6.45) is 4.91. The molecule has 110 valence electrons. The molecule has 1 aliphatic heterocycles. The lowest BCUT2D eigenvalue weighted by Gasteiger charge is -2.29. The van der Waals surface area contributed by atoms with Gasteiger partial charge in [0.25, 0.3) is 0 Å². The molecule has 1 aromatic carbocycles. The lowest BCUT2D eigenvalue weighted by atomic mass is 9.87. The van der Waals surface area contributed by atoms with Gasteiger partial charge in [0.2, 0.25) is 5.91 Å². The molecule has 2 aliphatic carbocycles. The van der Waals surface area contributed by atoms with Gasteiger partial charge in [-0.3, -0.25) is 9.69 Å². The van der Waals surface area contributed by atoms with Crippen LogP contribution in [-0.4, -0.2) is 23.0 Å². The smallest absolute Gasteiger partial charge is 0.327 e. The minimum absolute atomic E-state index is 0.0387. The maximum Gasteiger partial charge on any atom is 0.327 e. The van der Waals surface area contributed by atoms with Crippen LogP contribution in [-0.2, 0) is 16.0 Å². The number of amides is 1. The number of para-hydroxylation sites is 1. The molecular formula is C17H19NO3. The Labute approximate surface area is 123 Å². The van der Waals surface area contributed by atoms with Crippen molar-refractivity contribution < 1.29 is 14.7 Å². The summed E-state index contributed by atoms with van der Waals surface area (Å²) in [6, 6.07) is 6.87. The van der Waals surface area contributed by atoms with E-state index >= 15 is 0 Å². The van der Waals surface area contributed by atoms with Crippen molar-refractivity contribution in [2.75, 3.05) is 4.90 Å². The number of aliphatic carboxylic acids is 1. The Morgan fingerprint density at radius 1 is 1.14 bits per heavy atom. The number of rotatable bonds is 2. The summed E-state index contributed by atoms with van der Waals surface area (Å²) in [4.78, 5) is 26.1. The van der Waals surface area contributed by atoms with Crippen molar-refractivity contribution in [3.05, 3.63) is 29.8 Å². The van der Waals surface area contributed by atoms with Gasteiger partial charge >= 0.3 is 5.97 Å². The minimum Gasteiger partial charge on any atom is -0.480 e. The van der Waals surface area contributed by atoms with Crippen LogP contribution in [0.25, 0.3) is 0 Å². The molecule has 1 N–H and O–H groups in total. The van der Waals surface area contributed by atoms with Gasteiger partial charge in [0.15, 0.2) is 0 Å². The molecule has 4 heteroatoms. The van der Waals surface area contributed by atoms with Crippen LogP contribution >= 0.6 is 0 Å². The van der Waals surface area contributed by atoms with Gasteiger partial charge in [-0.2, -0.15) is 0 Å². The molecule has 2 bridgehead atoms. The fourth-order valence-corrected chi connectivity index (χ4v) is 4.58. The highest BCUT2D eigenvalue weighted by Crippen LogP contribution is 2.50. The second-order valence-corrected chi connectivity index (χ2v) is 6.68. The van der Waals surface area contributed by atoms with Crippen molar-refractivity contribution in [2.45, 2.75) is 38.1 Å². The summed E-state index contributed by atoms with van der Waals surface area (Å²) < 4.78 is 0. The average Bonchev–Trinajstić information content (AvgIpc) is 3.19. The van der Waals surface area contributed by atoms with Crippen LogP contribution in [0.1, 0.15) is 31.2 Å². The second kappa shape index (κ2) is 4.58. The minimum atomic E-state index is -0.900. The maximum atomic E-state index is 13.0. The number of fused-ring (bicyclic) bond motifs is 3. The van der Waals surface area contributed by atoms with Crippen LogP contribution in [0.4, 0.5) is 5.69 Å². The van der Waals surface area contributed by atoms with Crippen LogP contribution in [0.3, 0.4) is 0 Å². The third kappa shape index (κ3) is 1.88. The highest BCUT2D eigenvalue weighted by molar-refractivity contribution is 6.03. The molecule has 2 fully saturated rings. The summed E-state index contributed by atoms with van der Waals surface area (Å²) >= 11 is 0. The van der Waals surface area contributed by atoms with Gasteiger partial charge in [-0.05, 0) is 42.7 Å². The molecule has 21 heavy (non-hydrogen) atoms. The van der Waals surface area contributed by atoms with Gasteiger partial charge in [-0.15, -0.1) is 0 Å². The average molecular weight is 285 g/mol. The van der Waals surface area contributed by atoms with Crippen LogP contribution in [0.15, 0.2) is 24.3 Å². The van der Waals surface area contributed by atoms with E-state index in [4.69, 9.17) is 0 Å². The SMILES string of the molecule is O=C(O)[C@@H]1Cc2ccccc2N1C(=O)C1CC2CCC1C2. The fraction of sp³-hybridized carbons (Fsp3) is 0.529. The molecule has 0 aromatic heterocycles. The van der Waals surface area contributed by atoms with Crippen molar-refractivity contribution in [3.8, 4) is 0 Å². The first kappa shape index (κ1) is 12.9. The topological polar surface area (TPSA) is 57.6 Å². The van der Waals surface area contributed by atoms with Gasteiger partial charge in [0, 0.05) is 18.0 Å². The molecule has 0 saturated heterocycles. The summed E-state index contributed by atoms with van der Waals surface area (Å²) in [5, 5.41) is 9.49. The summed E-state index contributed by atoms with van der Waals surface area (Å²) in [7, 11) is 0. The molecule has 0 spiro atoms. The van der Waals surface area contributed by atoms with E-state index in [1.807, 2.05) is 24.3 Å². The molecule has 4 rings (SSSR count). The molecule has 3 unspecified atom stereocenters.